The van der Waals surface area contributed by atoms with Gasteiger partial charge < -0.3 is 26.5 Å². The number of H-pyrrole nitrogens is 1. The fourth-order valence-electron chi connectivity index (χ4n) is 1.96. The summed E-state index contributed by atoms with van der Waals surface area (Å²) in [6.45, 7) is 3.40. The second-order valence-electron chi connectivity index (χ2n) is 5.69. The summed E-state index contributed by atoms with van der Waals surface area (Å²) in [4.78, 5) is 41.3. The van der Waals surface area contributed by atoms with Crippen LogP contribution in [0.15, 0.2) is 12.5 Å². The van der Waals surface area contributed by atoms with Gasteiger partial charge in [-0.2, -0.15) is 0 Å². The quantitative estimate of drug-likeness (QED) is 0.393. The third kappa shape index (κ3) is 6.92. The number of hydrogen-bond donors (Lipinski definition) is 5. The van der Waals surface area contributed by atoms with Crippen LogP contribution in [0.25, 0.3) is 0 Å². The fourth-order valence-corrected chi connectivity index (χ4v) is 1.96. The second-order valence-corrected chi connectivity index (χ2v) is 5.69. The van der Waals surface area contributed by atoms with Crippen LogP contribution < -0.4 is 16.4 Å². The van der Waals surface area contributed by atoms with Gasteiger partial charge in [0.1, 0.15) is 6.04 Å². The number of carboxylic acid groups (broad SMARTS) is 1. The van der Waals surface area contributed by atoms with Gasteiger partial charge in [0.05, 0.1) is 18.9 Å². The van der Waals surface area contributed by atoms with Gasteiger partial charge in [0.25, 0.3) is 0 Å². The molecule has 0 radical (unpaired) electrons. The number of carbonyl (C=O) groups is 3. The van der Waals surface area contributed by atoms with E-state index in [1.165, 1.54) is 6.33 Å². The zero-order valence-electron chi connectivity index (χ0n) is 13.2. The lowest BCUT2D eigenvalue weighted by Gasteiger charge is -2.17. The summed E-state index contributed by atoms with van der Waals surface area (Å²) < 4.78 is 0. The number of nitrogens with one attached hydrogen (secondary N) is 3. The highest BCUT2D eigenvalue weighted by Gasteiger charge is 2.22. The zero-order valence-corrected chi connectivity index (χ0v) is 13.2. The molecule has 2 amide bonds. The molecule has 0 aliphatic rings. The number of aromatic nitrogens is 2. The van der Waals surface area contributed by atoms with Crippen molar-refractivity contribution in [3.63, 3.8) is 0 Å². The van der Waals surface area contributed by atoms with Crippen molar-refractivity contribution in [3.8, 4) is 0 Å². The Morgan fingerprint density at radius 1 is 1.39 bits per heavy atom. The summed E-state index contributed by atoms with van der Waals surface area (Å²) in [5, 5.41) is 13.8. The number of rotatable bonds is 9. The maximum absolute atomic E-state index is 11.8. The molecule has 128 valence electrons. The normalized spacial score (nSPS) is 13.4. The van der Waals surface area contributed by atoms with Gasteiger partial charge >= 0.3 is 5.97 Å². The minimum absolute atomic E-state index is 0.119. The Kier molecular flexibility index (Phi) is 7.20. The van der Waals surface area contributed by atoms with Gasteiger partial charge in [-0.05, 0) is 12.3 Å². The Labute approximate surface area is 134 Å². The Morgan fingerprint density at radius 3 is 2.61 bits per heavy atom. The van der Waals surface area contributed by atoms with Gasteiger partial charge in [-0.25, -0.2) is 9.78 Å². The first-order chi connectivity index (χ1) is 10.8. The van der Waals surface area contributed by atoms with Crippen molar-refractivity contribution in [1.82, 2.24) is 20.6 Å². The summed E-state index contributed by atoms with van der Waals surface area (Å²) >= 11 is 0. The smallest absolute Gasteiger partial charge is 0.326 e. The lowest BCUT2D eigenvalue weighted by Crippen LogP contribution is -2.49. The Morgan fingerprint density at radius 2 is 2.09 bits per heavy atom. The van der Waals surface area contributed by atoms with E-state index in [0.29, 0.717) is 12.1 Å². The minimum Gasteiger partial charge on any atom is -0.480 e. The molecule has 0 aromatic carbocycles. The molecule has 1 aromatic rings. The number of imidazole rings is 1. The first kappa shape index (κ1) is 18.6. The van der Waals surface area contributed by atoms with Crippen molar-refractivity contribution < 1.29 is 19.5 Å². The molecule has 2 unspecified atom stereocenters. The van der Waals surface area contributed by atoms with Gasteiger partial charge in [-0.3, -0.25) is 9.59 Å². The van der Waals surface area contributed by atoms with E-state index in [1.54, 1.807) is 6.20 Å². The molecule has 9 heteroatoms. The van der Waals surface area contributed by atoms with Gasteiger partial charge in [0.15, 0.2) is 0 Å². The van der Waals surface area contributed by atoms with Crippen LogP contribution in [0.5, 0.6) is 0 Å². The fraction of sp³-hybridized carbons (Fsp3) is 0.571. The molecule has 0 fully saturated rings. The highest BCUT2D eigenvalue weighted by atomic mass is 16.4. The Balaban J connectivity index is 2.39. The summed E-state index contributed by atoms with van der Waals surface area (Å²) in [6.07, 6.45) is 3.62. The molecule has 0 bridgehead atoms. The molecule has 0 aliphatic carbocycles. The topological polar surface area (TPSA) is 150 Å². The molecule has 0 saturated heterocycles. The van der Waals surface area contributed by atoms with E-state index in [2.05, 4.69) is 20.6 Å². The number of nitrogens with two attached hydrogens (primary N) is 1. The highest BCUT2D eigenvalue weighted by molar-refractivity contribution is 5.89. The monoisotopic (exact) mass is 325 g/mol. The molecule has 0 saturated carbocycles. The number of hydrogen-bond acceptors (Lipinski definition) is 5. The van der Waals surface area contributed by atoms with Crippen LogP contribution in [0.3, 0.4) is 0 Å². The number of aromatic amines is 1. The van der Waals surface area contributed by atoms with E-state index >= 15 is 0 Å². The molecule has 1 heterocycles. The van der Waals surface area contributed by atoms with E-state index in [4.69, 9.17) is 10.8 Å². The zero-order chi connectivity index (χ0) is 17.4. The molecular weight excluding hydrogens is 302 g/mol. The summed E-state index contributed by atoms with van der Waals surface area (Å²) in [7, 11) is 0. The lowest BCUT2D eigenvalue weighted by atomic mass is 10.0. The van der Waals surface area contributed by atoms with Crippen LogP contribution in [0.4, 0.5) is 0 Å². The van der Waals surface area contributed by atoms with Crippen LogP contribution in [0.1, 0.15) is 26.0 Å². The third-order valence-corrected chi connectivity index (χ3v) is 3.10. The minimum atomic E-state index is -1.10. The standard InChI is InChI=1S/C14H23N5O4/c1-8(2)3-11(14(22)23)19-12(20)6-17-13(21)10(15)4-9-5-16-7-18-9/h5,7-8,10-11H,3-4,6,15H2,1-2H3,(H,16,18)(H,17,21)(H,19,20)(H,22,23). The average molecular weight is 325 g/mol. The predicted molar refractivity (Wildman–Crippen MR) is 82.3 cm³/mol. The van der Waals surface area contributed by atoms with Crippen LogP contribution in [0.2, 0.25) is 0 Å². The number of amides is 2. The van der Waals surface area contributed by atoms with Crippen molar-refractivity contribution in [2.45, 2.75) is 38.8 Å². The second kappa shape index (κ2) is 8.89. The van der Waals surface area contributed by atoms with Crippen LogP contribution in [-0.2, 0) is 20.8 Å². The van der Waals surface area contributed by atoms with Gasteiger partial charge in [-0.15, -0.1) is 0 Å². The highest BCUT2D eigenvalue weighted by Crippen LogP contribution is 2.04. The molecule has 1 aromatic heterocycles. The maximum atomic E-state index is 11.8. The van der Waals surface area contributed by atoms with Crippen LogP contribution >= 0.6 is 0 Å². The van der Waals surface area contributed by atoms with Crippen molar-refractivity contribution >= 4 is 17.8 Å². The van der Waals surface area contributed by atoms with Gasteiger partial charge in [0.2, 0.25) is 11.8 Å². The van der Waals surface area contributed by atoms with Crippen molar-refractivity contribution in [2.75, 3.05) is 6.54 Å². The van der Waals surface area contributed by atoms with Crippen LogP contribution in [0, 0.1) is 5.92 Å². The summed E-state index contributed by atoms with van der Waals surface area (Å²) in [5.41, 5.74) is 6.43. The molecule has 1 rings (SSSR count). The number of nitrogens with zero attached hydrogens (tertiary/aromatic N) is 1. The predicted octanol–water partition coefficient (Wildman–Crippen LogP) is -0.989. The van der Waals surface area contributed by atoms with Crippen molar-refractivity contribution in [3.05, 3.63) is 18.2 Å². The molecule has 6 N–H and O–H groups in total. The largest absolute Gasteiger partial charge is 0.480 e. The Bertz CT molecular complexity index is 529. The van der Waals surface area contributed by atoms with E-state index in [0.717, 1.165) is 0 Å². The molecule has 0 aliphatic heterocycles. The molecular formula is C14H23N5O4. The van der Waals surface area contributed by atoms with Crippen molar-refractivity contribution in [1.29, 1.82) is 0 Å². The van der Waals surface area contributed by atoms with E-state index in [1.807, 2.05) is 13.8 Å². The number of carboxylic acids is 1. The first-order valence-corrected chi connectivity index (χ1v) is 7.32. The average Bonchev–Trinajstić information content (AvgIpc) is 2.96. The summed E-state index contributed by atoms with van der Waals surface area (Å²) in [6, 6.07) is -1.80. The first-order valence-electron chi connectivity index (χ1n) is 7.32. The molecule has 9 nitrogen and oxygen atoms in total. The molecule has 23 heavy (non-hydrogen) atoms. The maximum Gasteiger partial charge on any atom is 0.326 e. The summed E-state index contributed by atoms with van der Waals surface area (Å²) in [5.74, 6) is -2.05. The van der Waals surface area contributed by atoms with E-state index in [-0.39, 0.29) is 18.9 Å². The molecule has 2 atom stereocenters. The van der Waals surface area contributed by atoms with Crippen molar-refractivity contribution in [2.24, 2.45) is 11.7 Å². The van der Waals surface area contributed by atoms with E-state index in [9.17, 15) is 14.4 Å². The number of aliphatic carboxylic acids is 1. The van der Waals surface area contributed by atoms with Crippen LogP contribution in [-0.4, -0.2) is 51.5 Å². The van der Waals surface area contributed by atoms with E-state index < -0.39 is 29.9 Å². The molecule has 0 spiro atoms. The lowest BCUT2D eigenvalue weighted by molar-refractivity contribution is -0.142. The van der Waals surface area contributed by atoms with Gasteiger partial charge in [0, 0.05) is 18.3 Å². The number of carbonyl (C=O) groups excluding carboxylic acids is 2. The SMILES string of the molecule is CC(C)CC(NC(=O)CNC(=O)C(N)Cc1cnc[nH]1)C(=O)O. The third-order valence-electron chi connectivity index (χ3n) is 3.10. The Hall–Kier alpha value is -2.42. The van der Waals surface area contributed by atoms with Gasteiger partial charge in [-0.1, -0.05) is 13.8 Å².